The van der Waals surface area contributed by atoms with Crippen LogP contribution >= 0.6 is 0 Å². The number of carbonyl (C=O) groups excluding carboxylic acids is 1. The third-order valence-electron chi connectivity index (χ3n) is 4.88. The molecule has 1 aliphatic rings. The van der Waals surface area contributed by atoms with Crippen molar-refractivity contribution in [2.75, 3.05) is 41.8 Å². The fourth-order valence-electron chi connectivity index (χ4n) is 3.29. The van der Waals surface area contributed by atoms with Crippen LogP contribution in [0.4, 0.5) is 35.0 Å². The lowest BCUT2D eigenvalue weighted by atomic mass is 10.1. The van der Waals surface area contributed by atoms with Crippen molar-refractivity contribution in [3.8, 4) is 11.5 Å². The molecule has 0 radical (unpaired) electrons. The van der Waals surface area contributed by atoms with Crippen molar-refractivity contribution < 1.29 is 27.4 Å². The van der Waals surface area contributed by atoms with Gasteiger partial charge in [-0.15, -0.1) is 0 Å². The van der Waals surface area contributed by atoms with Crippen molar-refractivity contribution in [2.45, 2.75) is 6.18 Å². The third-order valence-corrected chi connectivity index (χ3v) is 4.88. The second-order valence-electron chi connectivity index (χ2n) is 7.25. The minimum atomic E-state index is -4.54. The molecule has 0 atom stereocenters. The average Bonchev–Trinajstić information content (AvgIpc) is 2.81. The molecular weight excluding hydrogens is 437 g/mol. The Morgan fingerprint density at radius 2 is 1.55 bits per heavy atom. The van der Waals surface area contributed by atoms with Crippen LogP contribution in [-0.2, 0) is 10.9 Å². The summed E-state index contributed by atoms with van der Waals surface area (Å²) in [4.78, 5) is 18.1. The maximum absolute atomic E-state index is 13.4. The number of nitrogens with one attached hydrogen (secondary N) is 2. The molecule has 1 fully saturated rings. The summed E-state index contributed by atoms with van der Waals surface area (Å²) in [6, 6.07) is 12.8. The number of pyridine rings is 1. The summed E-state index contributed by atoms with van der Waals surface area (Å²) in [5.41, 5.74) is 0.0388. The Morgan fingerprint density at radius 3 is 2.21 bits per heavy atom. The Morgan fingerprint density at radius 1 is 0.909 bits per heavy atom. The second-order valence-corrected chi connectivity index (χ2v) is 7.25. The predicted molar refractivity (Wildman–Crippen MR) is 118 cm³/mol. The lowest BCUT2D eigenvalue weighted by Crippen LogP contribution is -2.36. The number of rotatable bonds is 5. The Hall–Kier alpha value is -3.79. The molecular formula is C23H21F3N4O3. The lowest BCUT2D eigenvalue weighted by molar-refractivity contribution is -0.137. The molecule has 2 heterocycles. The van der Waals surface area contributed by atoms with E-state index in [9.17, 15) is 18.0 Å². The van der Waals surface area contributed by atoms with Crippen LogP contribution in [0.15, 0.2) is 67.0 Å². The minimum absolute atomic E-state index is 0.0430. The highest BCUT2D eigenvalue weighted by molar-refractivity contribution is 6.00. The maximum atomic E-state index is 13.4. The molecule has 0 spiro atoms. The van der Waals surface area contributed by atoms with Crippen molar-refractivity contribution in [1.82, 2.24) is 4.98 Å². The Bertz CT molecular complexity index is 1090. The number of morpholine rings is 1. The summed E-state index contributed by atoms with van der Waals surface area (Å²) >= 11 is 0. The van der Waals surface area contributed by atoms with Crippen LogP contribution < -0.4 is 20.3 Å². The highest BCUT2D eigenvalue weighted by Crippen LogP contribution is 2.35. The first-order valence-electron chi connectivity index (χ1n) is 10.2. The van der Waals surface area contributed by atoms with Crippen LogP contribution in [0.3, 0.4) is 0 Å². The van der Waals surface area contributed by atoms with Crippen molar-refractivity contribution in [3.63, 3.8) is 0 Å². The largest absolute Gasteiger partial charge is 0.457 e. The number of benzene rings is 2. The fourth-order valence-corrected chi connectivity index (χ4v) is 3.29. The highest BCUT2D eigenvalue weighted by Gasteiger charge is 2.32. The van der Waals surface area contributed by atoms with Gasteiger partial charge in [-0.05, 0) is 54.6 Å². The number of nitrogens with zero attached hydrogens (tertiary/aromatic N) is 2. The van der Waals surface area contributed by atoms with Crippen LogP contribution in [0.25, 0.3) is 0 Å². The quantitative estimate of drug-likeness (QED) is 0.538. The summed E-state index contributed by atoms with van der Waals surface area (Å²) in [5, 5.41) is 5.10. The van der Waals surface area contributed by atoms with Gasteiger partial charge in [0.2, 0.25) is 0 Å². The molecule has 172 valence electrons. The second kappa shape index (κ2) is 9.78. The summed E-state index contributed by atoms with van der Waals surface area (Å²) in [6.45, 7) is 1.81. The number of ether oxygens (including phenoxy) is 2. The molecule has 0 saturated carbocycles. The number of carbonyl (C=O) groups is 1. The van der Waals surface area contributed by atoms with Gasteiger partial charge in [0, 0.05) is 42.5 Å². The molecule has 2 amide bonds. The maximum Gasteiger partial charge on any atom is 0.416 e. The monoisotopic (exact) mass is 458 g/mol. The predicted octanol–water partition coefficient (Wildman–Crippen LogP) is 5.37. The van der Waals surface area contributed by atoms with E-state index in [0.717, 1.165) is 12.1 Å². The van der Waals surface area contributed by atoms with Crippen LogP contribution in [-0.4, -0.2) is 37.3 Å². The van der Waals surface area contributed by atoms with Gasteiger partial charge in [0.25, 0.3) is 0 Å². The van der Waals surface area contributed by atoms with Gasteiger partial charge in [0.1, 0.15) is 11.5 Å². The van der Waals surface area contributed by atoms with Gasteiger partial charge in [0.05, 0.1) is 18.8 Å². The number of anilines is 3. The molecule has 1 saturated heterocycles. The van der Waals surface area contributed by atoms with E-state index in [1.165, 1.54) is 6.07 Å². The molecule has 1 aliphatic heterocycles. The van der Waals surface area contributed by atoms with Gasteiger partial charge in [-0.25, -0.2) is 4.79 Å². The fraction of sp³-hybridized carbons (Fsp3) is 0.217. The zero-order chi connectivity index (χ0) is 23.3. The van der Waals surface area contributed by atoms with Crippen molar-refractivity contribution in [1.29, 1.82) is 0 Å². The van der Waals surface area contributed by atoms with E-state index in [0.29, 0.717) is 49.2 Å². The molecule has 33 heavy (non-hydrogen) atoms. The van der Waals surface area contributed by atoms with Crippen LogP contribution in [0.1, 0.15) is 5.56 Å². The van der Waals surface area contributed by atoms with Crippen molar-refractivity contribution in [3.05, 3.63) is 72.6 Å². The number of aromatic nitrogens is 1. The van der Waals surface area contributed by atoms with Crippen molar-refractivity contribution >= 4 is 23.1 Å². The van der Waals surface area contributed by atoms with Gasteiger partial charge < -0.3 is 25.0 Å². The molecule has 4 rings (SSSR count). The van der Waals surface area contributed by atoms with E-state index in [1.807, 2.05) is 0 Å². The number of hydrogen-bond donors (Lipinski definition) is 2. The van der Waals surface area contributed by atoms with Crippen LogP contribution in [0.5, 0.6) is 11.5 Å². The first-order valence-corrected chi connectivity index (χ1v) is 10.2. The Balaban J connectivity index is 1.44. The van der Waals surface area contributed by atoms with E-state index < -0.39 is 17.8 Å². The van der Waals surface area contributed by atoms with E-state index in [2.05, 4.69) is 15.6 Å². The zero-order valence-electron chi connectivity index (χ0n) is 17.4. The molecule has 2 aromatic carbocycles. The van der Waals surface area contributed by atoms with Crippen molar-refractivity contribution in [2.24, 2.45) is 0 Å². The molecule has 0 bridgehead atoms. The average molecular weight is 458 g/mol. The van der Waals surface area contributed by atoms with Crippen LogP contribution in [0, 0.1) is 0 Å². The molecule has 1 aromatic heterocycles. The summed E-state index contributed by atoms with van der Waals surface area (Å²) < 4.78 is 51.1. The van der Waals surface area contributed by atoms with Gasteiger partial charge >= 0.3 is 12.2 Å². The molecule has 7 nitrogen and oxygen atoms in total. The number of hydrogen-bond acceptors (Lipinski definition) is 5. The van der Waals surface area contributed by atoms with Gasteiger partial charge in [-0.1, -0.05) is 0 Å². The lowest BCUT2D eigenvalue weighted by Gasteiger charge is -2.29. The molecule has 0 aliphatic carbocycles. The minimum Gasteiger partial charge on any atom is -0.457 e. The first-order chi connectivity index (χ1) is 15.9. The van der Waals surface area contributed by atoms with Crippen LogP contribution in [0.2, 0.25) is 0 Å². The van der Waals surface area contributed by atoms with E-state index >= 15 is 0 Å². The summed E-state index contributed by atoms with van der Waals surface area (Å²) in [7, 11) is 0. The summed E-state index contributed by atoms with van der Waals surface area (Å²) in [6.07, 6.45) is -1.33. The number of alkyl halides is 3. The number of halogens is 3. The standard InChI is InChI=1S/C23H21F3N4O3/c24-23(25,26)16-13-18(15-19(14-16)30-9-11-32-12-10-30)29-22(31)28-17-1-3-20(4-2-17)33-21-5-7-27-8-6-21/h1-8,13-15H,9-12H2,(H2,28,29,31). The Kier molecular flexibility index (Phi) is 6.64. The third kappa shape index (κ3) is 6.13. The molecule has 3 aromatic rings. The molecule has 0 unspecified atom stereocenters. The van der Waals surface area contributed by atoms with Gasteiger partial charge in [-0.3, -0.25) is 4.98 Å². The Labute approximate surface area is 188 Å². The van der Waals surface area contributed by atoms with E-state index in [-0.39, 0.29) is 5.69 Å². The van der Waals surface area contributed by atoms with Gasteiger partial charge in [0.15, 0.2) is 0 Å². The molecule has 2 N–H and O–H groups in total. The topological polar surface area (TPSA) is 75.7 Å². The summed E-state index contributed by atoms with van der Waals surface area (Å²) in [5.74, 6) is 1.17. The van der Waals surface area contributed by atoms with E-state index in [4.69, 9.17) is 9.47 Å². The number of urea groups is 1. The highest BCUT2D eigenvalue weighted by atomic mass is 19.4. The first kappa shape index (κ1) is 22.4. The number of amides is 2. The SMILES string of the molecule is O=C(Nc1ccc(Oc2ccncc2)cc1)Nc1cc(N2CCOCC2)cc(C(F)(F)F)c1. The zero-order valence-corrected chi connectivity index (χ0v) is 17.4. The van der Waals surface area contributed by atoms with Gasteiger partial charge in [-0.2, -0.15) is 13.2 Å². The normalized spacial score (nSPS) is 14.0. The smallest absolute Gasteiger partial charge is 0.416 e. The molecule has 10 heteroatoms. The van der Waals surface area contributed by atoms with E-state index in [1.54, 1.807) is 53.7 Å².